The first-order valence-electron chi connectivity index (χ1n) is 9.98. The van der Waals surface area contributed by atoms with Crippen molar-refractivity contribution in [2.24, 2.45) is 5.41 Å². The Morgan fingerprint density at radius 1 is 1.13 bits per heavy atom. The van der Waals surface area contributed by atoms with Crippen molar-refractivity contribution in [1.29, 1.82) is 0 Å². The minimum atomic E-state index is -4.41. The number of likely N-dealkylation sites (tertiary alicyclic amines) is 2. The largest absolute Gasteiger partial charge is 0.476 e. The van der Waals surface area contributed by atoms with Gasteiger partial charge in [-0.15, -0.1) is 0 Å². The van der Waals surface area contributed by atoms with E-state index in [1.165, 1.54) is 18.5 Å². The highest BCUT2D eigenvalue weighted by Gasteiger charge is 2.42. The number of carbonyl (C=O) groups excluding carboxylic acids is 1. The minimum absolute atomic E-state index is 0.0340. The SMILES string of the molecule is O=C(O)c1ccn(C(=O)N2CCC3(CCN(Cc4cnccc4C(F)(F)F)C3)CC2)n1. The highest BCUT2D eigenvalue weighted by atomic mass is 19.4. The molecule has 11 heteroatoms. The number of nitrogens with zero attached hydrogens (tertiary/aromatic N) is 5. The molecule has 2 aromatic rings. The van der Waals surface area contributed by atoms with Crippen LogP contribution in [0.4, 0.5) is 18.0 Å². The van der Waals surface area contributed by atoms with Gasteiger partial charge in [-0.1, -0.05) is 0 Å². The summed E-state index contributed by atoms with van der Waals surface area (Å²) in [5, 5.41) is 12.7. The van der Waals surface area contributed by atoms with E-state index in [2.05, 4.69) is 10.1 Å². The van der Waals surface area contributed by atoms with Gasteiger partial charge in [0.2, 0.25) is 0 Å². The second-order valence-electron chi connectivity index (χ2n) is 8.21. The van der Waals surface area contributed by atoms with Gasteiger partial charge in [0.15, 0.2) is 5.69 Å². The molecule has 4 heterocycles. The molecule has 2 saturated heterocycles. The van der Waals surface area contributed by atoms with Crippen molar-refractivity contribution in [1.82, 2.24) is 24.6 Å². The highest BCUT2D eigenvalue weighted by molar-refractivity contribution is 5.86. The van der Waals surface area contributed by atoms with E-state index in [1.807, 2.05) is 4.90 Å². The van der Waals surface area contributed by atoms with Gasteiger partial charge in [0.05, 0.1) is 5.56 Å². The Morgan fingerprint density at radius 3 is 2.48 bits per heavy atom. The quantitative estimate of drug-likeness (QED) is 0.794. The van der Waals surface area contributed by atoms with Crippen molar-refractivity contribution in [2.75, 3.05) is 26.2 Å². The predicted molar refractivity (Wildman–Crippen MR) is 102 cm³/mol. The van der Waals surface area contributed by atoms with E-state index in [0.29, 0.717) is 26.2 Å². The number of piperidine rings is 1. The number of hydrogen-bond acceptors (Lipinski definition) is 5. The van der Waals surface area contributed by atoms with Crippen molar-refractivity contribution >= 4 is 12.0 Å². The zero-order valence-electron chi connectivity index (χ0n) is 16.7. The van der Waals surface area contributed by atoms with Crippen molar-refractivity contribution in [3.63, 3.8) is 0 Å². The molecule has 0 aliphatic carbocycles. The molecule has 4 rings (SSSR count). The van der Waals surface area contributed by atoms with Gasteiger partial charge in [0.25, 0.3) is 0 Å². The molecule has 0 atom stereocenters. The molecule has 0 unspecified atom stereocenters. The van der Waals surface area contributed by atoms with Crippen LogP contribution in [0.2, 0.25) is 0 Å². The third kappa shape index (κ3) is 4.41. The van der Waals surface area contributed by atoms with E-state index < -0.39 is 17.7 Å². The van der Waals surface area contributed by atoms with Gasteiger partial charge < -0.3 is 10.0 Å². The molecule has 0 aromatic carbocycles. The minimum Gasteiger partial charge on any atom is -0.476 e. The number of alkyl halides is 3. The number of carboxylic acids is 1. The molecule has 2 aliphatic rings. The lowest BCUT2D eigenvalue weighted by atomic mass is 9.78. The van der Waals surface area contributed by atoms with Crippen molar-refractivity contribution in [3.05, 3.63) is 47.5 Å². The number of carbonyl (C=O) groups is 2. The fraction of sp³-hybridized carbons (Fsp3) is 0.500. The third-order valence-electron chi connectivity index (χ3n) is 6.22. The Bertz CT molecular complexity index is 982. The molecule has 1 N–H and O–H groups in total. The standard InChI is InChI=1S/C20H22F3N5O3/c21-20(22,23)15-1-6-24-11-14(15)12-26-8-3-19(13-26)4-9-27(10-5-19)18(31)28-7-2-16(25-28)17(29)30/h1-2,6-7,11H,3-5,8-10,12-13H2,(H,29,30). The normalized spacial score (nSPS) is 19.1. The molecule has 0 bridgehead atoms. The Hall–Kier alpha value is -2.95. The van der Waals surface area contributed by atoms with Gasteiger partial charge in [-0.05, 0) is 48.9 Å². The summed E-state index contributed by atoms with van der Waals surface area (Å²) in [6, 6.07) is 1.91. The number of halogens is 3. The average molecular weight is 437 g/mol. The fourth-order valence-corrected chi connectivity index (χ4v) is 4.50. The van der Waals surface area contributed by atoms with Crippen LogP contribution >= 0.6 is 0 Å². The molecule has 2 fully saturated rings. The van der Waals surface area contributed by atoms with Gasteiger partial charge >= 0.3 is 18.2 Å². The van der Waals surface area contributed by atoms with Crippen LogP contribution in [0.25, 0.3) is 0 Å². The third-order valence-corrected chi connectivity index (χ3v) is 6.22. The monoisotopic (exact) mass is 437 g/mol. The van der Waals surface area contributed by atoms with Gasteiger partial charge in [0, 0.05) is 44.8 Å². The van der Waals surface area contributed by atoms with Crippen molar-refractivity contribution in [3.8, 4) is 0 Å². The summed E-state index contributed by atoms with van der Waals surface area (Å²) < 4.78 is 40.8. The van der Waals surface area contributed by atoms with Crippen LogP contribution in [0.3, 0.4) is 0 Å². The van der Waals surface area contributed by atoms with Crippen LogP contribution in [-0.4, -0.2) is 67.9 Å². The highest BCUT2D eigenvalue weighted by Crippen LogP contribution is 2.41. The number of carboxylic acid groups (broad SMARTS) is 1. The summed E-state index contributed by atoms with van der Waals surface area (Å²) >= 11 is 0. The fourth-order valence-electron chi connectivity index (χ4n) is 4.50. The van der Waals surface area contributed by atoms with Crippen LogP contribution in [-0.2, 0) is 12.7 Å². The molecule has 0 saturated carbocycles. The lowest BCUT2D eigenvalue weighted by Gasteiger charge is -2.39. The van der Waals surface area contributed by atoms with Gasteiger partial charge in [-0.2, -0.15) is 23.0 Å². The number of aromatic carboxylic acids is 1. The topological polar surface area (TPSA) is 91.6 Å². The molecule has 1 amide bonds. The van der Waals surface area contributed by atoms with Gasteiger partial charge in [0.1, 0.15) is 0 Å². The molecule has 2 aliphatic heterocycles. The average Bonchev–Trinajstić information content (AvgIpc) is 3.36. The van der Waals surface area contributed by atoms with Gasteiger partial charge in [-0.3, -0.25) is 9.88 Å². The Balaban J connectivity index is 1.36. The molecule has 8 nitrogen and oxygen atoms in total. The van der Waals surface area contributed by atoms with E-state index in [0.717, 1.165) is 36.2 Å². The molecule has 0 radical (unpaired) electrons. The van der Waals surface area contributed by atoms with E-state index >= 15 is 0 Å². The molecular weight excluding hydrogens is 415 g/mol. The number of hydrogen-bond donors (Lipinski definition) is 1. The summed E-state index contributed by atoms with van der Waals surface area (Å²) in [5.41, 5.74) is -0.702. The van der Waals surface area contributed by atoms with E-state index in [4.69, 9.17) is 5.11 Å². The summed E-state index contributed by atoms with van der Waals surface area (Å²) in [4.78, 5) is 31.1. The maximum Gasteiger partial charge on any atom is 0.416 e. The molecule has 2 aromatic heterocycles. The Kier molecular flexibility index (Phi) is 5.46. The molecule has 1 spiro atoms. The summed E-state index contributed by atoms with van der Waals surface area (Å²) in [5.74, 6) is -1.20. The summed E-state index contributed by atoms with van der Waals surface area (Å²) in [6.07, 6.45) is 1.70. The summed E-state index contributed by atoms with van der Waals surface area (Å²) in [6.45, 7) is 2.55. The van der Waals surface area contributed by atoms with E-state index in [9.17, 15) is 22.8 Å². The molecule has 31 heavy (non-hydrogen) atoms. The predicted octanol–water partition coefficient (Wildman–Crippen LogP) is 2.95. The van der Waals surface area contributed by atoms with Crippen LogP contribution < -0.4 is 0 Å². The number of aromatic nitrogens is 3. The van der Waals surface area contributed by atoms with E-state index in [-0.39, 0.29) is 29.2 Å². The van der Waals surface area contributed by atoms with Crippen molar-refractivity contribution in [2.45, 2.75) is 32.0 Å². The first kappa shape index (κ1) is 21.3. The van der Waals surface area contributed by atoms with Gasteiger partial charge in [-0.25, -0.2) is 9.59 Å². The Labute approximate surface area is 176 Å². The first-order valence-corrected chi connectivity index (χ1v) is 9.98. The van der Waals surface area contributed by atoms with Crippen LogP contribution in [0.15, 0.2) is 30.7 Å². The van der Waals surface area contributed by atoms with Crippen LogP contribution in [0.5, 0.6) is 0 Å². The van der Waals surface area contributed by atoms with Crippen molar-refractivity contribution < 1.29 is 27.9 Å². The zero-order valence-corrected chi connectivity index (χ0v) is 16.7. The maximum atomic E-state index is 13.3. The van der Waals surface area contributed by atoms with E-state index in [1.54, 1.807) is 4.90 Å². The first-order chi connectivity index (χ1) is 14.7. The lowest BCUT2D eigenvalue weighted by molar-refractivity contribution is -0.138. The zero-order chi connectivity index (χ0) is 22.2. The number of pyridine rings is 1. The number of rotatable bonds is 3. The maximum absolute atomic E-state index is 13.3. The number of amides is 1. The molecular formula is C20H22F3N5O3. The lowest BCUT2D eigenvalue weighted by Crippen LogP contribution is -2.45. The van der Waals surface area contributed by atoms with Crippen LogP contribution in [0.1, 0.15) is 40.9 Å². The summed E-state index contributed by atoms with van der Waals surface area (Å²) in [7, 11) is 0. The smallest absolute Gasteiger partial charge is 0.416 e. The Morgan fingerprint density at radius 2 is 1.84 bits per heavy atom. The second kappa shape index (κ2) is 7.95. The van der Waals surface area contributed by atoms with Crippen LogP contribution in [0, 0.1) is 5.41 Å². The second-order valence-corrected chi connectivity index (χ2v) is 8.21. The molecule has 166 valence electrons.